The molecule has 1 unspecified atom stereocenters. The zero-order valence-corrected chi connectivity index (χ0v) is 17.8. The van der Waals surface area contributed by atoms with Gasteiger partial charge in [-0.1, -0.05) is 24.3 Å². The number of fused-ring (bicyclic) bond motifs is 1. The number of rotatable bonds is 6. The molecule has 0 radical (unpaired) electrons. The Morgan fingerprint density at radius 1 is 1.10 bits per heavy atom. The molecule has 3 aliphatic heterocycles. The normalized spacial score (nSPS) is 22.4. The number of nitrogens with one attached hydrogen (secondary N) is 1. The van der Waals surface area contributed by atoms with Crippen LogP contribution in [0.15, 0.2) is 29.3 Å². The lowest BCUT2D eigenvalue weighted by Gasteiger charge is -2.23. The van der Waals surface area contributed by atoms with E-state index in [1.165, 1.54) is 50.0 Å². The summed E-state index contributed by atoms with van der Waals surface area (Å²) >= 11 is 0. The zero-order chi connectivity index (χ0) is 20.1. The molecule has 0 saturated carbocycles. The van der Waals surface area contributed by atoms with Gasteiger partial charge in [0, 0.05) is 52.7 Å². The van der Waals surface area contributed by atoms with Crippen LogP contribution in [0.2, 0.25) is 0 Å². The molecule has 0 aliphatic carbocycles. The third kappa shape index (κ3) is 5.10. The van der Waals surface area contributed by atoms with E-state index in [1.54, 1.807) is 0 Å². The lowest BCUT2D eigenvalue weighted by molar-refractivity contribution is -0.131. The van der Waals surface area contributed by atoms with Gasteiger partial charge in [0.15, 0.2) is 5.96 Å². The van der Waals surface area contributed by atoms with Crippen LogP contribution < -0.4 is 5.32 Å². The summed E-state index contributed by atoms with van der Waals surface area (Å²) < 4.78 is 0. The maximum Gasteiger partial charge on any atom is 0.223 e. The lowest BCUT2D eigenvalue weighted by atomic mass is 10.1. The predicted molar refractivity (Wildman–Crippen MR) is 117 cm³/mol. The third-order valence-electron chi connectivity index (χ3n) is 6.56. The number of nitrogens with zero attached hydrogens (tertiary/aromatic N) is 4. The van der Waals surface area contributed by atoms with Crippen molar-refractivity contribution in [2.45, 2.75) is 45.2 Å². The fourth-order valence-electron chi connectivity index (χ4n) is 4.94. The second-order valence-electron chi connectivity index (χ2n) is 8.70. The molecule has 1 atom stereocenters. The van der Waals surface area contributed by atoms with Gasteiger partial charge in [0.25, 0.3) is 0 Å². The number of amides is 1. The third-order valence-corrected chi connectivity index (χ3v) is 6.56. The summed E-state index contributed by atoms with van der Waals surface area (Å²) in [5, 5.41) is 3.48. The Kier molecular flexibility index (Phi) is 6.70. The minimum Gasteiger partial charge on any atom is -0.356 e. The molecule has 0 spiro atoms. The average molecular weight is 398 g/mol. The van der Waals surface area contributed by atoms with Gasteiger partial charge < -0.3 is 20.0 Å². The van der Waals surface area contributed by atoms with Gasteiger partial charge in [-0.05, 0) is 55.8 Å². The van der Waals surface area contributed by atoms with Crippen molar-refractivity contribution >= 4 is 11.9 Å². The summed E-state index contributed by atoms with van der Waals surface area (Å²) in [5.74, 6) is 2.00. The molecule has 3 heterocycles. The van der Waals surface area contributed by atoms with E-state index in [0.717, 1.165) is 51.0 Å². The van der Waals surface area contributed by atoms with Gasteiger partial charge in [-0.15, -0.1) is 0 Å². The summed E-state index contributed by atoms with van der Waals surface area (Å²) in [5.41, 5.74) is 2.58. The second kappa shape index (κ2) is 9.61. The van der Waals surface area contributed by atoms with Gasteiger partial charge in [0.2, 0.25) is 5.91 Å². The van der Waals surface area contributed by atoms with E-state index in [-0.39, 0.29) is 5.91 Å². The standard InChI is InChI=1S/C23H35N5O/c1-24-23(27-14-10-19(16-27)15-26-12-4-5-13-26)25-11-6-9-22(29)28-17-20-7-2-3-8-21(20)18-28/h2-3,7-8,19H,4-6,9-18H2,1H3,(H,24,25). The Bertz CT molecular complexity index is 703. The molecule has 1 aromatic rings. The quantitative estimate of drug-likeness (QED) is 0.455. The van der Waals surface area contributed by atoms with Crippen LogP contribution in [0.1, 0.15) is 43.2 Å². The molecule has 29 heavy (non-hydrogen) atoms. The van der Waals surface area contributed by atoms with Crippen LogP contribution >= 0.6 is 0 Å². The maximum atomic E-state index is 12.5. The van der Waals surface area contributed by atoms with Crippen molar-refractivity contribution in [2.75, 3.05) is 46.3 Å². The number of hydrogen-bond acceptors (Lipinski definition) is 3. The van der Waals surface area contributed by atoms with Gasteiger partial charge in [-0.2, -0.15) is 0 Å². The summed E-state index contributed by atoms with van der Waals surface area (Å²) in [6, 6.07) is 8.36. The van der Waals surface area contributed by atoms with Crippen molar-refractivity contribution in [1.82, 2.24) is 20.0 Å². The van der Waals surface area contributed by atoms with Crippen LogP contribution in [-0.4, -0.2) is 72.9 Å². The fraction of sp³-hybridized carbons (Fsp3) is 0.652. The highest BCUT2D eigenvalue weighted by molar-refractivity contribution is 5.80. The van der Waals surface area contributed by atoms with Gasteiger partial charge >= 0.3 is 0 Å². The SMILES string of the molecule is CN=C(NCCCC(=O)N1Cc2ccccc2C1)N1CCC(CN2CCCC2)C1. The molecule has 0 bridgehead atoms. The molecular formula is C23H35N5O. The molecule has 6 heteroatoms. The highest BCUT2D eigenvalue weighted by Gasteiger charge is 2.27. The van der Waals surface area contributed by atoms with E-state index in [1.807, 2.05) is 11.9 Å². The first-order valence-corrected chi connectivity index (χ1v) is 11.3. The minimum atomic E-state index is 0.254. The molecule has 6 nitrogen and oxygen atoms in total. The smallest absolute Gasteiger partial charge is 0.223 e. The van der Waals surface area contributed by atoms with Crippen molar-refractivity contribution in [1.29, 1.82) is 0 Å². The summed E-state index contributed by atoms with van der Waals surface area (Å²) in [4.78, 5) is 24.0. The second-order valence-corrected chi connectivity index (χ2v) is 8.70. The van der Waals surface area contributed by atoms with Crippen LogP contribution in [0, 0.1) is 5.92 Å². The topological polar surface area (TPSA) is 51.2 Å². The predicted octanol–water partition coefficient (Wildman–Crippen LogP) is 2.30. The summed E-state index contributed by atoms with van der Waals surface area (Å²) in [6.07, 6.45) is 5.42. The molecule has 3 aliphatic rings. The fourth-order valence-corrected chi connectivity index (χ4v) is 4.94. The van der Waals surface area contributed by atoms with E-state index in [4.69, 9.17) is 0 Å². The molecule has 0 aromatic heterocycles. The van der Waals surface area contributed by atoms with Crippen molar-refractivity contribution < 1.29 is 4.79 Å². The monoisotopic (exact) mass is 397 g/mol. The van der Waals surface area contributed by atoms with Crippen molar-refractivity contribution in [3.8, 4) is 0 Å². The van der Waals surface area contributed by atoms with E-state index in [0.29, 0.717) is 6.42 Å². The molecule has 158 valence electrons. The Morgan fingerprint density at radius 2 is 1.83 bits per heavy atom. The Balaban J connectivity index is 1.15. The number of carbonyl (C=O) groups is 1. The molecule has 2 fully saturated rings. The average Bonchev–Trinajstić information content (AvgIpc) is 3.49. The Hall–Kier alpha value is -2.08. The summed E-state index contributed by atoms with van der Waals surface area (Å²) in [6.45, 7) is 8.29. The largest absolute Gasteiger partial charge is 0.356 e. The van der Waals surface area contributed by atoms with Crippen LogP contribution in [-0.2, 0) is 17.9 Å². The van der Waals surface area contributed by atoms with Crippen LogP contribution in [0.3, 0.4) is 0 Å². The zero-order valence-electron chi connectivity index (χ0n) is 17.8. The summed E-state index contributed by atoms with van der Waals surface area (Å²) in [7, 11) is 1.86. The molecule has 2 saturated heterocycles. The Morgan fingerprint density at radius 3 is 2.52 bits per heavy atom. The van der Waals surface area contributed by atoms with Gasteiger partial charge in [0.05, 0.1) is 0 Å². The number of carbonyl (C=O) groups excluding carboxylic acids is 1. The lowest BCUT2D eigenvalue weighted by Crippen LogP contribution is -2.41. The first-order valence-electron chi connectivity index (χ1n) is 11.3. The molecule has 1 amide bonds. The molecular weight excluding hydrogens is 362 g/mol. The van der Waals surface area contributed by atoms with Gasteiger partial charge in [-0.25, -0.2) is 0 Å². The molecule has 1 N–H and O–H groups in total. The first kappa shape index (κ1) is 20.2. The van der Waals surface area contributed by atoms with E-state index < -0.39 is 0 Å². The van der Waals surface area contributed by atoms with E-state index >= 15 is 0 Å². The highest BCUT2D eigenvalue weighted by Crippen LogP contribution is 2.23. The van der Waals surface area contributed by atoms with Crippen molar-refractivity contribution in [3.05, 3.63) is 35.4 Å². The van der Waals surface area contributed by atoms with Gasteiger partial charge in [0.1, 0.15) is 0 Å². The van der Waals surface area contributed by atoms with Crippen molar-refractivity contribution in [2.24, 2.45) is 10.9 Å². The van der Waals surface area contributed by atoms with E-state index in [9.17, 15) is 4.79 Å². The number of guanidine groups is 1. The van der Waals surface area contributed by atoms with Crippen molar-refractivity contribution in [3.63, 3.8) is 0 Å². The number of benzene rings is 1. The van der Waals surface area contributed by atoms with Crippen LogP contribution in [0.25, 0.3) is 0 Å². The number of aliphatic imine (C=N–C) groups is 1. The molecule has 4 rings (SSSR count). The highest BCUT2D eigenvalue weighted by atomic mass is 16.2. The van der Waals surface area contributed by atoms with Crippen LogP contribution in [0.5, 0.6) is 0 Å². The minimum absolute atomic E-state index is 0.254. The maximum absolute atomic E-state index is 12.5. The van der Waals surface area contributed by atoms with Gasteiger partial charge in [-0.3, -0.25) is 9.79 Å². The number of likely N-dealkylation sites (tertiary alicyclic amines) is 2. The van der Waals surface area contributed by atoms with Crippen LogP contribution in [0.4, 0.5) is 0 Å². The van der Waals surface area contributed by atoms with E-state index in [2.05, 4.69) is 44.4 Å². The first-order chi connectivity index (χ1) is 14.2. The molecule has 1 aromatic carbocycles. The Labute approximate surface area is 175 Å². The number of hydrogen-bond donors (Lipinski definition) is 1.